The molecule has 3 nitrogen and oxygen atoms in total. The Morgan fingerprint density at radius 1 is 1.19 bits per heavy atom. The van der Waals surface area contributed by atoms with Crippen molar-refractivity contribution < 1.29 is 9.84 Å². The minimum atomic E-state index is 0.341. The molecule has 1 unspecified atom stereocenters. The van der Waals surface area contributed by atoms with Gasteiger partial charge in [-0.2, -0.15) is 0 Å². The number of hydrogen-bond acceptors (Lipinski definition) is 3. The van der Waals surface area contributed by atoms with Crippen LogP contribution in [0.2, 0.25) is 0 Å². The lowest BCUT2D eigenvalue weighted by atomic mass is 10.1. The largest absolute Gasteiger partial charge is 0.507 e. The van der Waals surface area contributed by atoms with Gasteiger partial charge in [-0.05, 0) is 38.8 Å². The van der Waals surface area contributed by atoms with Crippen LogP contribution >= 0.6 is 0 Å². The lowest BCUT2D eigenvalue weighted by Gasteiger charge is -2.28. The van der Waals surface area contributed by atoms with E-state index in [4.69, 9.17) is 4.74 Å². The summed E-state index contributed by atoms with van der Waals surface area (Å²) in [6, 6.07) is 6.22. The molecule has 0 radical (unpaired) electrons. The molecular formula is C18H31NO2. The van der Waals surface area contributed by atoms with Crippen LogP contribution in [0.15, 0.2) is 18.2 Å². The molecule has 0 saturated heterocycles. The maximum atomic E-state index is 10.2. The van der Waals surface area contributed by atoms with Gasteiger partial charge in [0.25, 0.3) is 0 Å². The number of hydrogen-bond donors (Lipinski definition) is 1. The fraction of sp³-hybridized carbons (Fsp3) is 0.667. The smallest absolute Gasteiger partial charge is 0.123 e. The molecule has 0 aliphatic heterocycles. The number of unbranched alkanes of at least 4 members (excludes halogenated alkanes) is 1. The van der Waals surface area contributed by atoms with Crippen LogP contribution in [0.1, 0.15) is 58.9 Å². The molecule has 1 atom stereocenters. The van der Waals surface area contributed by atoms with E-state index in [-0.39, 0.29) is 0 Å². The standard InChI is InChI=1S/C18H31NO2/c1-5-8-11-19(15(4)7-3)14-16-9-10-17(13-18(16)20)21-12-6-2/h9-10,13,15,20H,5-8,11-12,14H2,1-4H3. The minimum absolute atomic E-state index is 0.341. The Balaban J connectivity index is 2.73. The molecule has 0 spiro atoms. The maximum absolute atomic E-state index is 10.2. The van der Waals surface area contributed by atoms with Crippen molar-refractivity contribution in [2.45, 2.75) is 66.0 Å². The van der Waals surface area contributed by atoms with Gasteiger partial charge in [0.2, 0.25) is 0 Å². The normalized spacial score (nSPS) is 12.6. The summed E-state index contributed by atoms with van der Waals surface area (Å²) < 4.78 is 5.56. The zero-order valence-electron chi connectivity index (χ0n) is 14.1. The first-order valence-electron chi connectivity index (χ1n) is 8.31. The zero-order valence-corrected chi connectivity index (χ0v) is 14.1. The Bertz CT molecular complexity index is 406. The second-order valence-electron chi connectivity index (χ2n) is 5.72. The molecule has 0 aliphatic carbocycles. The number of benzene rings is 1. The van der Waals surface area contributed by atoms with Crippen molar-refractivity contribution in [3.05, 3.63) is 23.8 Å². The molecule has 0 bridgehead atoms. The Hall–Kier alpha value is -1.22. The first-order chi connectivity index (χ1) is 10.1. The van der Waals surface area contributed by atoms with Crippen molar-refractivity contribution in [3.63, 3.8) is 0 Å². The van der Waals surface area contributed by atoms with E-state index in [2.05, 4.69) is 32.6 Å². The van der Waals surface area contributed by atoms with E-state index >= 15 is 0 Å². The van der Waals surface area contributed by atoms with Crippen LogP contribution in [0.4, 0.5) is 0 Å². The fourth-order valence-corrected chi connectivity index (χ4v) is 2.28. The van der Waals surface area contributed by atoms with Gasteiger partial charge in [-0.1, -0.05) is 33.3 Å². The summed E-state index contributed by atoms with van der Waals surface area (Å²) in [6.07, 6.45) is 4.50. The van der Waals surface area contributed by atoms with Crippen LogP contribution in [0.5, 0.6) is 11.5 Å². The third-order valence-electron chi connectivity index (χ3n) is 3.92. The average Bonchev–Trinajstić information content (AvgIpc) is 2.50. The second-order valence-corrected chi connectivity index (χ2v) is 5.72. The van der Waals surface area contributed by atoms with E-state index in [9.17, 15) is 5.11 Å². The van der Waals surface area contributed by atoms with Gasteiger partial charge >= 0.3 is 0 Å². The third kappa shape index (κ3) is 5.96. The van der Waals surface area contributed by atoms with E-state index in [1.165, 1.54) is 12.8 Å². The molecule has 0 heterocycles. The number of phenols is 1. The summed E-state index contributed by atoms with van der Waals surface area (Å²) in [5, 5.41) is 10.2. The van der Waals surface area contributed by atoms with Gasteiger partial charge in [-0.25, -0.2) is 0 Å². The van der Waals surface area contributed by atoms with E-state index in [1.807, 2.05) is 12.1 Å². The predicted octanol–water partition coefficient (Wildman–Crippen LogP) is 4.58. The molecule has 1 aromatic carbocycles. The highest BCUT2D eigenvalue weighted by atomic mass is 16.5. The fourth-order valence-electron chi connectivity index (χ4n) is 2.28. The van der Waals surface area contributed by atoms with Gasteiger partial charge < -0.3 is 9.84 Å². The average molecular weight is 293 g/mol. The zero-order chi connectivity index (χ0) is 15.7. The van der Waals surface area contributed by atoms with Gasteiger partial charge in [-0.15, -0.1) is 0 Å². The number of nitrogens with zero attached hydrogens (tertiary/aromatic N) is 1. The lowest BCUT2D eigenvalue weighted by Crippen LogP contribution is -2.33. The van der Waals surface area contributed by atoms with Crippen LogP contribution in [0.3, 0.4) is 0 Å². The molecule has 0 fully saturated rings. The molecule has 3 heteroatoms. The summed E-state index contributed by atoms with van der Waals surface area (Å²) in [7, 11) is 0. The van der Waals surface area contributed by atoms with Crippen molar-refractivity contribution in [1.29, 1.82) is 0 Å². The molecule has 1 aromatic rings. The van der Waals surface area contributed by atoms with Crippen molar-refractivity contribution in [1.82, 2.24) is 4.90 Å². The first-order valence-corrected chi connectivity index (χ1v) is 8.31. The Labute approximate surface area is 129 Å². The molecule has 0 aromatic heterocycles. The molecule has 21 heavy (non-hydrogen) atoms. The van der Waals surface area contributed by atoms with E-state index in [1.54, 1.807) is 6.07 Å². The highest BCUT2D eigenvalue weighted by molar-refractivity contribution is 5.39. The van der Waals surface area contributed by atoms with Crippen molar-refractivity contribution in [2.24, 2.45) is 0 Å². The minimum Gasteiger partial charge on any atom is -0.507 e. The van der Waals surface area contributed by atoms with E-state index in [0.29, 0.717) is 18.4 Å². The van der Waals surface area contributed by atoms with Gasteiger partial charge in [0.05, 0.1) is 6.61 Å². The van der Waals surface area contributed by atoms with Gasteiger partial charge in [0.15, 0.2) is 0 Å². The summed E-state index contributed by atoms with van der Waals surface area (Å²) in [6.45, 7) is 11.3. The second kappa shape index (κ2) is 9.67. The Kier molecular flexibility index (Phi) is 8.21. The van der Waals surface area contributed by atoms with Gasteiger partial charge in [0, 0.05) is 24.2 Å². The topological polar surface area (TPSA) is 32.7 Å². The Morgan fingerprint density at radius 3 is 2.52 bits per heavy atom. The molecular weight excluding hydrogens is 262 g/mol. The molecule has 0 saturated carbocycles. The summed E-state index contributed by atoms with van der Waals surface area (Å²) in [5.41, 5.74) is 0.982. The monoisotopic (exact) mass is 293 g/mol. The molecule has 0 aliphatic rings. The van der Waals surface area contributed by atoms with Gasteiger partial charge in [-0.3, -0.25) is 4.90 Å². The highest BCUT2D eigenvalue weighted by Gasteiger charge is 2.14. The van der Waals surface area contributed by atoms with Crippen LogP contribution in [0, 0.1) is 0 Å². The number of ether oxygens (including phenoxy) is 1. The molecule has 1 rings (SSSR count). The molecule has 120 valence electrons. The number of rotatable bonds is 10. The van der Waals surface area contributed by atoms with Crippen LogP contribution in [-0.2, 0) is 6.54 Å². The SMILES string of the molecule is CCCCN(Cc1ccc(OCCC)cc1O)C(C)CC. The van der Waals surface area contributed by atoms with E-state index < -0.39 is 0 Å². The van der Waals surface area contributed by atoms with Crippen LogP contribution in [-0.4, -0.2) is 29.2 Å². The van der Waals surface area contributed by atoms with Crippen LogP contribution in [0.25, 0.3) is 0 Å². The Morgan fingerprint density at radius 2 is 1.95 bits per heavy atom. The number of aromatic hydroxyl groups is 1. The maximum Gasteiger partial charge on any atom is 0.123 e. The third-order valence-corrected chi connectivity index (χ3v) is 3.92. The van der Waals surface area contributed by atoms with E-state index in [0.717, 1.165) is 37.2 Å². The molecule has 0 amide bonds. The van der Waals surface area contributed by atoms with Crippen molar-refractivity contribution >= 4 is 0 Å². The van der Waals surface area contributed by atoms with Gasteiger partial charge in [0.1, 0.15) is 11.5 Å². The number of phenolic OH excluding ortho intramolecular Hbond substituents is 1. The summed E-state index contributed by atoms with van der Waals surface area (Å²) in [4.78, 5) is 2.45. The quantitative estimate of drug-likeness (QED) is 0.685. The highest BCUT2D eigenvalue weighted by Crippen LogP contribution is 2.26. The van der Waals surface area contributed by atoms with Crippen molar-refractivity contribution in [3.8, 4) is 11.5 Å². The van der Waals surface area contributed by atoms with Crippen LogP contribution < -0.4 is 4.74 Å². The van der Waals surface area contributed by atoms with Crippen molar-refractivity contribution in [2.75, 3.05) is 13.2 Å². The summed E-state index contributed by atoms with van der Waals surface area (Å²) in [5.74, 6) is 1.09. The first kappa shape index (κ1) is 17.8. The molecule has 1 N–H and O–H groups in total. The lowest BCUT2D eigenvalue weighted by molar-refractivity contribution is 0.190. The predicted molar refractivity (Wildman–Crippen MR) is 89.0 cm³/mol. The summed E-state index contributed by atoms with van der Waals surface area (Å²) >= 11 is 0.